The highest BCUT2D eigenvalue weighted by Gasteiger charge is 2.53. The van der Waals surface area contributed by atoms with Gasteiger partial charge in [0.1, 0.15) is 41.7 Å². The van der Waals surface area contributed by atoms with Crippen molar-refractivity contribution in [2.24, 2.45) is 16.6 Å². The molecule has 74 heavy (non-hydrogen) atoms. The van der Waals surface area contributed by atoms with Crippen molar-refractivity contribution in [3.63, 3.8) is 0 Å². The largest absolute Gasteiger partial charge is 0.492 e. The Kier molecular flexibility index (Phi) is 17.2. The van der Waals surface area contributed by atoms with Crippen molar-refractivity contribution in [3.05, 3.63) is 70.6 Å². The van der Waals surface area contributed by atoms with Crippen molar-refractivity contribution in [1.29, 1.82) is 0 Å². The van der Waals surface area contributed by atoms with E-state index in [1.807, 2.05) is 31.2 Å². The number of hydrogen-bond donors (Lipinski definition) is 5. The zero-order valence-corrected chi connectivity index (χ0v) is 45.0. The summed E-state index contributed by atoms with van der Waals surface area (Å²) in [6.07, 6.45) is 4.36. The lowest BCUT2D eigenvalue weighted by molar-refractivity contribution is -0.145. The van der Waals surface area contributed by atoms with Crippen LogP contribution in [0.2, 0.25) is 5.02 Å². The lowest BCUT2D eigenvalue weighted by Gasteiger charge is -2.39. The number of piperazine rings is 1. The number of anilines is 2. The van der Waals surface area contributed by atoms with Crippen LogP contribution in [0.5, 0.6) is 5.75 Å². The molecular formula is C52H67ClFN11O7S2. The summed E-state index contributed by atoms with van der Waals surface area (Å²) in [5.74, 6) is -1.29. The van der Waals surface area contributed by atoms with Crippen LogP contribution in [-0.2, 0) is 30.5 Å². The Labute approximate surface area is 444 Å². The maximum Gasteiger partial charge on any atom is 0.258 e. The molecule has 2 aromatic carbocycles. The number of nitrogens with zero attached hydrogens (tertiary/aromatic N) is 7. The molecule has 3 saturated heterocycles. The minimum Gasteiger partial charge on any atom is -0.492 e. The predicted octanol–water partition coefficient (Wildman–Crippen LogP) is 5.44. The van der Waals surface area contributed by atoms with Crippen molar-refractivity contribution in [2.45, 2.75) is 113 Å². The lowest BCUT2D eigenvalue weighted by Crippen LogP contribution is -2.59. The van der Waals surface area contributed by atoms with Crippen LogP contribution >= 0.6 is 34.7 Å². The molecule has 6 N–H and O–H groups in total. The standard InChI is InChI=1S/C52H67ClFN11O7S2/c1-32-45(73-31-59-32)33-9-10-34(26-58-47(69)37-24-35(66)29-65(37)48(70)46(50(2,3)4)61-49(71)52(54)11-12-52)38(23-33)72-22-21-62-17-19-64(20-18-62)43(68)25-41(67)60-36-7-6-8-39(44(36)53)74-42-28-56-40(27-57-42)63-15-13-51(5,30-55)14-16-63/h6-10,23,27-28,31,35,37,46,66H,11-22,24-26,29-30,55H2,1-5H3,(H,58,69)(H,60,67)(H,61,71)/t35-,37+,46-/m1/s1. The Bertz CT molecular complexity index is 2690. The van der Waals surface area contributed by atoms with Gasteiger partial charge < -0.3 is 46.2 Å². The summed E-state index contributed by atoms with van der Waals surface area (Å²) in [6.45, 7) is 14.6. The SMILES string of the molecule is Cc1ncsc1-c1ccc(CNC(=O)[C@@H]2C[C@@H](O)CN2C(=O)[C@@H](NC(=O)C2(F)CC2)C(C)(C)C)c(OCCN2CCN(C(=O)CC(=O)Nc3cccc(Sc4cnc(N5CCC(C)(CN)CC5)cn4)c3Cl)CC2)c1. The smallest absolute Gasteiger partial charge is 0.258 e. The van der Waals surface area contributed by atoms with Gasteiger partial charge in [0, 0.05) is 75.8 Å². The highest BCUT2D eigenvalue weighted by molar-refractivity contribution is 7.99. The number of aryl methyl sites for hydroxylation is 1. The van der Waals surface area contributed by atoms with Crippen molar-refractivity contribution in [2.75, 3.05) is 75.7 Å². The van der Waals surface area contributed by atoms with E-state index in [4.69, 9.17) is 22.1 Å². The quantitative estimate of drug-likeness (QED) is 0.0783. The molecule has 5 heterocycles. The van der Waals surface area contributed by atoms with Crippen molar-refractivity contribution in [1.82, 2.24) is 40.3 Å². The molecule has 1 aliphatic carbocycles. The number of aromatic nitrogens is 3. The number of amides is 5. The van der Waals surface area contributed by atoms with Crippen LogP contribution in [0.25, 0.3) is 10.4 Å². The number of likely N-dealkylation sites (tertiary alicyclic amines) is 1. The van der Waals surface area contributed by atoms with Gasteiger partial charge in [-0.2, -0.15) is 0 Å². The van der Waals surface area contributed by atoms with Gasteiger partial charge in [-0.25, -0.2) is 19.3 Å². The fourth-order valence-corrected chi connectivity index (χ4v) is 11.2. The number of benzene rings is 2. The summed E-state index contributed by atoms with van der Waals surface area (Å²) in [5.41, 5.74) is 7.95. The molecule has 2 aromatic heterocycles. The second kappa shape index (κ2) is 23.2. The van der Waals surface area contributed by atoms with Gasteiger partial charge in [-0.15, -0.1) is 11.3 Å². The number of aliphatic hydroxyl groups is 1. The van der Waals surface area contributed by atoms with Crippen molar-refractivity contribution < 1.29 is 38.2 Å². The number of hydrogen-bond acceptors (Lipinski definition) is 15. The number of nitrogens with one attached hydrogen (secondary N) is 3. The van der Waals surface area contributed by atoms with E-state index in [2.05, 4.69) is 47.6 Å². The van der Waals surface area contributed by atoms with E-state index in [9.17, 15) is 33.5 Å². The van der Waals surface area contributed by atoms with Gasteiger partial charge in [0.2, 0.25) is 23.6 Å². The first-order valence-electron chi connectivity index (χ1n) is 25.2. The van der Waals surface area contributed by atoms with Crippen LogP contribution in [-0.4, -0.2) is 154 Å². The first kappa shape index (κ1) is 54.8. The highest BCUT2D eigenvalue weighted by atomic mass is 35.5. The third kappa shape index (κ3) is 13.3. The molecule has 0 unspecified atom stereocenters. The van der Waals surface area contributed by atoms with Gasteiger partial charge in [0.15, 0.2) is 5.67 Å². The molecular weight excluding hydrogens is 1010 g/mol. The minimum atomic E-state index is -1.99. The fraction of sp³-hybridized carbons (Fsp3) is 0.538. The maximum atomic E-state index is 14.7. The number of aliphatic hydroxyl groups excluding tert-OH is 1. The molecule has 18 nitrogen and oxygen atoms in total. The third-order valence-electron chi connectivity index (χ3n) is 14.4. The number of thiazole rings is 1. The minimum absolute atomic E-state index is 0.000373. The Balaban J connectivity index is 0.814. The Morgan fingerprint density at radius 2 is 1.76 bits per heavy atom. The maximum absolute atomic E-state index is 14.7. The normalized spacial score (nSPS) is 19.9. The monoisotopic (exact) mass is 1080 g/mol. The molecule has 4 aromatic rings. The van der Waals surface area contributed by atoms with E-state index in [-0.39, 0.29) is 50.1 Å². The molecule has 8 rings (SSSR count). The van der Waals surface area contributed by atoms with Gasteiger partial charge in [-0.1, -0.05) is 69.3 Å². The zero-order chi connectivity index (χ0) is 53.0. The third-order valence-corrected chi connectivity index (χ3v) is 16.9. The second-order valence-electron chi connectivity index (χ2n) is 21.2. The molecule has 0 spiro atoms. The molecule has 0 bridgehead atoms. The van der Waals surface area contributed by atoms with E-state index in [0.29, 0.717) is 77.8 Å². The van der Waals surface area contributed by atoms with E-state index in [1.165, 1.54) is 28.0 Å². The number of ether oxygens (including phenoxy) is 1. The fourth-order valence-electron chi connectivity index (χ4n) is 9.33. The molecule has 4 aliphatic rings. The summed E-state index contributed by atoms with van der Waals surface area (Å²) >= 11 is 9.61. The number of rotatable bonds is 18. The number of halogens is 2. The molecule has 3 aliphatic heterocycles. The Morgan fingerprint density at radius 1 is 1.01 bits per heavy atom. The molecule has 4 fully saturated rings. The molecule has 0 radical (unpaired) electrons. The Hall–Kier alpha value is -5.45. The average molecular weight is 1080 g/mol. The molecule has 22 heteroatoms. The molecule has 5 amide bonds. The number of carbonyl (C=O) groups excluding carboxylic acids is 5. The predicted molar refractivity (Wildman–Crippen MR) is 283 cm³/mol. The molecule has 3 atom stereocenters. The van der Waals surface area contributed by atoms with Gasteiger partial charge in [-0.05, 0) is 73.7 Å². The van der Waals surface area contributed by atoms with Gasteiger partial charge in [0.25, 0.3) is 5.91 Å². The second-order valence-corrected chi connectivity index (χ2v) is 23.5. The van der Waals surface area contributed by atoms with Crippen LogP contribution in [0.1, 0.15) is 77.5 Å². The van der Waals surface area contributed by atoms with Crippen LogP contribution in [0.15, 0.2) is 64.2 Å². The number of nitrogens with two attached hydrogens (primary N) is 1. The molecule has 398 valence electrons. The number of piperidine rings is 1. The van der Waals surface area contributed by atoms with E-state index in [1.54, 1.807) is 55.7 Å². The average Bonchev–Trinajstić information content (AvgIpc) is 3.78. The van der Waals surface area contributed by atoms with Crippen LogP contribution in [0.3, 0.4) is 0 Å². The van der Waals surface area contributed by atoms with E-state index in [0.717, 1.165) is 47.9 Å². The number of alkyl halides is 1. The first-order chi connectivity index (χ1) is 35.2. The van der Waals surface area contributed by atoms with Crippen LogP contribution in [0, 0.1) is 17.8 Å². The summed E-state index contributed by atoms with van der Waals surface area (Å²) in [7, 11) is 0. The zero-order valence-electron chi connectivity index (χ0n) is 42.6. The number of carbonyl (C=O) groups is 5. The van der Waals surface area contributed by atoms with Gasteiger partial charge in [-0.3, -0.25) is 28.9 Å². The first-order valence-corrected chi connectivity index (χ1v) is 27.3. The lowest BCUT2D eigenvalue weighted by atomic mass is 9.80. The van der Waals surface area contributed by atoms with Gasteiger partial charge in [0.05, 0.1) is 45.3 Å². The molecule has 1 saturated carbocycles. The van der Waals surface area contributed by atoms with E-state index < -0.39 is 52.9 Å². The summed E-state index contributed by atoms with van der Waals surface area (Å²) in [5, 5.41) is 20.0. The Morgan fingerprint density at radius 3 is 2.41 bits per heavy atom. The van der Waals surface area contributed by atoms with Crippen molar-refractivity contribution in [3.8, 4) is 16.2 Å². The summed E-state index contributed by atoms with van der Waals surface area (Å²) in [4.78, 5) is 89.8. The summed E-state index contributed by atoms with van der Waals surface area (Å²) < 4.78 is 21.1. The number of β-amino-alcohol motifs (C(OH)–C–C–N with tert-alkyl or cyclic N) is 1. The van der Waals surface area contributed by atoms with Crippen molar-refractivity contribution >= 4 is 75.7 Å². The summed E-state index contributed by atoms with van der Waals surface area (Å²) in [6, 6.07) is 8.90. The van der Waals surface area contributed by atoms with Gasteiger partial charge >= 0.3 is 0 Å². The van der Waals surface area contributed by atoms with E-state index >= 15 is 0 Å². The highest BCUT2D eigenvalue weighted by Crippen LogP contribution is 2.41. The topological polar surface area (TPSA) is 229 Å². The van der Waals surface area contributed by atoms with Crippen LogP contribution in [0.4, 0.5) is 15.9 Å². The van der Waals surface area contributed by atoms with Crippen LogP contribution < -0.4 is 31.3 Å².